The monoisotopic (exact) mass is 294 g/mol. The largest absolute Gasteiger partial charge is 0.362 e. The topological polar surface area (TPSA) is 73.0 Å². The molecule has 0 aliphatic heterocycles. The van der Waals surface area contributed by atoms with Crippen molar-refractivity contribution in [3.05, 3.63) is 15.8 Å². The highest BCUT2D eigenvalue weighted by molar-refractivity contribution is 5.60. The van der Waals surface area contributed by atoms with Crippen LogP contribution in [0.15, 0.2) is 0 Å². The van der Waals surface area contributed by atoms with Crippen LogP contribution in [0.25, 0.3) is 0 Å². The zero-order valence-corrected chi connectivity index (χ0v) is 13.3. The minimum Gasteiger partial charge on any atom is -0.362 e. The number of aromatic nitrogens is 2. The Morgan fingerprint density at radius 3 is 2.52 bits per heavy atom. The van der Waals surface area contributed by atoms with Crippen LogP contribution in [0.5, 0.6) is 0 Å². The molecule has 6 heteroatoms. The fourth-order valence-electron chi connectivity index (χ4n) is 3.36. The molecule has 1 aromatic rings. The van der Waals surface area contributed by atoms with E-state index >= 15 is 0 Å². The lowest BCUT2D eigenvalue weighted by Crippen LogP contribution is -2.27. The molecular weight excluding hydrogens is 268 g/mol. The molecule has 0 saturated heterocycles. The first-order valence-electron chi connectivity index (χ1n) is 8.03. The Morgan fingerprint density at radius 2 is 2.00 bits per heavy atom. The third kappa shape index (κ3) is 3.54. The highest BCUT2D eigenvalue weighted by Gasteiger charge is 2.28. The second kappa shape index (κ2) is 6.91. The van der Waals surface area contributed by atoms with Crippen LogP contribution in [0.1, 0.15) is 58.1 Å². The molecule has 0 radical (unpaired) electrons. The Labute approximate surface area is 126 Å². The maximum absolute atomic E-state index is 11.3. The summed E-state index contributed by atoms with van der Waals surface area (Å²) in [5, 5.41) is 19.0. The molecule has 0 unspecified atom stereocenters. The summed E-state index contributed by atoms with van der Waals surface area (Å²) in [7, 11) is 1.78. The van der Waals surface area contributed by atoms with Crippen LogP contribution in [0.3, 0.4) is 0 Å². The molecule has 1 aliphatic carbocycles. The predicted octanol–water partition coefficient (Wildman–Crippen LogP) is 3.66. The van der Waals surface area contributed by atoms with Crippen molar-refractivity contribution < 1.29 is 4.92 Å². The van der Waals surface area contributed by atoms with Crippen molar-refractivity contribution in [1.29, 1.82) is 0 Å². The van der Waals surface area contributed by atoms with E-state index in [9.17, 15) is 10.1 Å². The Kier molecular flexibility index (Phi) is 5.20. The van der Waals surface area contributed by atoms with E-state index in [0.29, 0.717) is 24.0 Å². The van der Waals surface area contributed by atoms with E-state index < -0.39 is 0 Å². The number of nitrogens with one attached hydrogen (secondary N) is 1. The molecule has 0 aromatic carbocycles. The lowest BCUT2D eigenvalue weighted by Gasteiger charge is -2.29. The van der Waals surface area contributed by atoms with E-state index in [1.807, 2.05) is 6.92 Å². The Morgan fingerprint density at radius 1 is 1.33 bits per heavy atom. The number of anilines is 1. The van der Waals surface area contributed by atoms with Crippen molar-refractivity contribution in [3.63, 3.8) is 0 Å². The molecule has 0 atom stereocenters. The van der Waals surface area contributed by atoms with Crippen molar-refractivity contribution in [3.8, 4) is 0 Å². The second-order valence-electron chi connectivity index (χ2n) is 6.03. The van der Waals surface area contributed by atoms with Crippen LogP contribution >= 0.6 is 0 Å². The number of nitro groups is 1. The van der Waals surface area contributed by atoms with Gasteiger partial charge in [0.05, 0.1) is 4.92 Å². The quantitative estimate of drug-likeness (QED) is 0.642. The average Bonchev–Trinajstić information content (AvgIpc) is 2.78. The zero-order chi connectivity index (χ0) is 15.4. The van der Waals surface area contributed by atoms with Crippen molar-refractivity contribution in [1.82, 2.24) is 9.78 Å². The Bertz CT molecular complexity index is 490. The van der Waals surface area contributed by atoms with E-state index in [1.54, 1.807) is 11.7 Å². The summed E-state index contributed by atoms with van der Waals surface area (Å²) in [6.07, 6.45) is 7.75. The standard InChI is InChI=1S/C15H26N4O2/c1-4-6-11-7-9-12(10-8-11)16-15-14(19(20)21)13(5-2)17-18(15)3/h11-12,16H,4-10H2,1-3H3. The third-order valence-corrected chi connectivity index (χ3v) is 4.49. The molecule has 0 bridgehead atoms. The first-order chi connectivity index (χ1) is 10.1. The van der Waals surface area contributed by atoms with Crippen LogP contribution in [0, 0.1) is 16.0 Å². The van der Waals surface area contributed by atoms with Crippen molar-refractivity contribution in [2.45, 2.75) is 64.8 Å². The smallest absolute Gasteiger partial charge is 0.333 e. The molecule has 1 aromatic heterocycles. The van der Waals surface area contributed by atoms with E-state index in [4.69, 9.17) is 0 Å². The summed E-state index contributed by atoms with van der Waals surface area (Å²) < 4.78 is 1.62. The van der Waals surface area contributed by atoms with Gasteiger partial charge in [-0.3, -0.25) is 10.1 Å². The van der Waals surface area contributed by atoms with E-state index in [0.717, 1.165) is 18.8 Å². The van der Waals surface area contributed by atoms with Crippen LogP contribution < -0.4 is 5.32 Å². The highest BCUT2D eigenvalue weighted by Crippen LogP contribution is 2.33. The van der Waals surface area contributed by atoms with E-state index in [1.165, 1.54) is 25.7 Å². The van der Waals surface area contributed by atoms with E-state index in [2.05, 4.69) is 17.3 Å². The molecule has 118 valence electrons. The lowest BCUT2D eigenvalue weighted by molar-refractivity contribution is -0.384. The van der Waals surface area contributed by atoms with Gasteiger partial charge in [-0.2, -0.15) is 5.10 Å². The summed E-state index contributed by atoms with van der Waals surface area (Å²) in [5.74, 6) is 1.40. The summed E-state index contributed by atoms with van der Waals surface area (Å²) in [6, 6.07) is 0.330. The predicted molar refractivity (Wildman–Crippen MR) is 83.5 cm³/mol. The molecule has 1 fully saturated rings. The average molecular weight is 294 g/mol. The Hall–Kier alpha value is -1.59. The summed E-state index contributed by atoms with van der Waals surface area (Å²) in [5.41, 5.74) is 0.709. The van der Waals surface area contributed by atoms with Gasteiger partial charge in [0.15, 0.2) is 0 Å². The molecule has 1 saturated carbocycles. The van der Waals surface area contributed by atoms with Gasteiger partial charge < -0.3 is 5.32 Å². The molecule has 1 N–H and O–H groups in total. The molecule has 1 heterocycles. The minimum absolute atomic E-state index is 0.149. The van der Waals surface area contributed by atoms with E-state index in [-0.39, 0.29) is 10.6 Å². The fraction of sp³-hybridized carbons (Fsp3) is 0.800. The molecule has 21 heavy (non-hydrogen) atoms. The molecule has 0 amide bonds. The van der Waals surface area contributed by atoms with Gasteiger partial charge in [-0.05, 0) is 38.0 Å². The van der Waals surface area contributed by atoms with Gasteiger partial charge in [-0.25, -0.2) is 4.68 Å². The van der Waals surface area contributed by atoms with Crippen LogP contribution in [-0.2, 0) is 13.5 Å². The number of rotatable bonds is 6. The highest BCUT2D eigenvalue weighted by atomic mass is 16.6. The first-order valence-corrected chi connectivity index (χ1v) is 8.03. The minimum atomic E-state index is -0.309. The molecule has 0 spiro atoms. The summed E-state index contributed by atoms with van der Waals surface area (Å²) in [4.78, 5) is 11.0. The third-order valence-electron chi connectivity index (χ3n) is 4.49. The fourth-order valence-corrected chi connectivity index (χ4v) is 3.36. The van der Waals surface area contributed by atoms with Crippen LogP contribution in [-0.4, -0.2) is 20.7 Å². The van der Waals surface area contributed by atoms with Gasteiger partial charge in [-0.1, -0.05) is 26.7 Å². The second-order valence-corrected chi connectivity index (χ2v) is 6.03. The van der Waals surface area contributed by atoms with Crippen molar-refractivity contribution >= 4 is 11.5 Å². The summed E-state index contributed by atoms with van der Waals surface area (Å²) >= 11 is 0. The molecular formula is C15H26N4O2. The first kappa shape index (κ1) is 15.8. The summed E-state index contributed by atoms with van der Waals surface area (Å²) in [6.45, 7) is 4.13. The van der Waals surface area contributed by atoms with Gasteiger partial charge >= 0.3 is 5.69 Å². The van der Waals surface area contributed by atoms with Crippen LogP contribution in [0.4, 0.5) is 11.5 Å². The SMILES string of the molecule is CCCC1CCC(Nc2c([N+](=O)[O-])c(CC)nn2C)CC1. The molecule has 1 aliphatic rings. The maximum atomic E-state index is 11.3. The van der Waals surface area contributed by atoms with Gasteiger partial charge in [0, 0.05) is 13.1 Å². The molecule has 2 rings (SSSR count). The normalized spacial score (nSPS) is 22.2. The maximum Gasteiger partial charge on any atom is 0.333 e. The number of hydrogen-bond acceptors (Lipinski definition) is 4. The zero-order valence-electron chi connectivity index (χ0n) is 13.3. The van der Waals surface area contributed by atoms with Crippen LogP contribution in [0.2, 0.25) is 0 Å². The van der Waals surface area contributed by atoms with Gasteiger partial charge in [0.2, 0.25) is 5.82 Å². The number of hydrogen-bond donors (Lipinski definition) is 1. The van der Waals surface area contributed by atoms with Gasteiger partial charge in [-0.15, -0.1) is 0 Å². The lowest BCUT2D eigenvalue weighted by atomic mass is 9.83. The molecule has 6 nitrogen and oxygen atoms in total. The number of aryl methyl sites for hydroxylation is 2. The van der Waals surface area contributed by atoms with Gasteiger partial charge in [0.25, 0.3) is 0 Å². The van der Waals surface area contributed by atoms with Crippen molar-refractivity contribution in [2.24, 2.45) is 13.0 Å². The van der Waals surface area contributed by atoms with Gasteiger partial charge in [0.1, 0.15) is 5.69 Å². The number of nitrogens with zero attached hydrogens (tertiary/aromatic N) is 3. The van der Waals surface area contributed by atoms with Crippen molar-refractivity contribution in [2.75, 3.05) is 5.32 Å². The Balaban J connectivity index is 2.07.